The van der Waals surface area contributed by atoms with Crippen LogP contribution in [-0.2, 0) is 4.79 Å². The summed E-state index contributed by atoms with van der Waals surface area (Å²) in [5, 5.41) is 1.91. The normalized spacial score (nSPS) is 13.5. The van der Waals surface area contributed by atoms with E-state index in [9.17, 15) is 13.6 Å². The van der Waals surface area contributed by atoms with E-state index in [0.717, 1.165) is 0 Å². The van der Waals surface area contributed by atoms with Gasteiger partial charge >= 0.3 is 0 Å². The third-order valence-electron chi connectivity index (χ3n) is 0.709. The van der Waals surface area contributed by atoms with E-state index in [2.05, 4.69) is 0 Å². The topological polar surface area (TPSA) is 29.1 Å². The van der Waals surface area contributed by atoms with Crippen molar-refractivity contribution in [2.45, 2.75) is 19.4 Å². The highest BCUT2D eigenvalue weighted by molar-refractivity contribution is 5.46. The predicted molar refractivity (Wildman–Crippen MR) is 24.7 cm³/mol. The van der Waals surface area contributed by atoms with Gasteiger partial charge in [0.1, 0.15) is 0 Å². The fourth-order valence-corrected chi connectivity index (χ4v) is 0.180. The Morgan fingerprint density at radius 1 is 1.62 bits per heavy atom. The van der Waals surface area contributed by atoms with Crippen molar-refractivity contribution in [1.29, 1.82) is 0 Å². The molecular formula is C4H7F2NO. The van der Waals surface area contributed by atoms with Crippen molar-refractivity contribution in [3.63, 3.8) is 0 Å². The lowest BCUT2D eigenvalue weighted by Gasteiger charge is -2.05. The number of amides is 1. The Balaban J connectivity index is 3.30. The van der Waals surface area contributed by atoms with Gasteiger partial charge in [-0.2, -0.15) is 0 Å². The van der Waals surface area contributed by atoms with Crippen LogP contribution in [0.2, 0.25) is 0 Å². The molecule has 0 saturated carbocycles. The quantitative estimate of drug-likeness (QED) is 0.540. The summed E-state index contributed by atoms with van der Waals surface area (Å²) in [7, 11) is 0. The zero-order valence-electron chi connectivity index (χ0n) is 4.40. The zero-order chi connectivity index (χ0) is 6.57. The molecule has 0 unspecified atom stereocenters. The first-order chi connectivity index (χ1) is 3.68. The number of nitrogens with one attached hydrogen (secondary N) is 1. The van der Waals surface area contributed by atoms with Gasteiger partial charge in [-0.25, -0.2) is 8.78 Å². The number of rotatable bonds is 3. The summed E-state index contributed by atoms with van der Waals surface area (Å²) >= 11 is 0. The SMILES string of the molecule is C[C@H](NC=O)C(F)F. The zero-order valence-corrected chi connectivity index (χ0v) is 4.40. The van der Waals surface area contributed by atoms with Crippen LogP contribution in [0.25, 0.3) is 0 Å². The summed E-state index contributed by atoms with van der Waals surface area (Å²) in [6.45, 7) is 1.24. The molecular weight excluding hydrogens is 116 g/mol. The highest BCUT2D eigenvalue weighted by Crippen LogP contribution is 1.96. The van der Waals surface area contributed by atoms with Crippen molar-refractivity contribution in [2.24, 2.45) is 0 Å². The van der Waals surface area contributed by atoms with Crippen molar-refractivity contribution in [2.75, 3.05) is 0 Å². The van der Waals surface area contributed by atoms with Gasteiger partial charge in [0.2, 0.25) is 6.41 Å². The van der Waals surface area contributed by atoms with Gasteiger partial charge in [-0.1, -0.05) is 0 Å². The van der Waals surface area contributed by atoms with E-state index >= 15 is 0 Å². The van der Waals surface area contributed by atoms with Gasteiger partial charge < -0.3 is 5.32 Å². The third-order valence-corrected chi connectivity index (χ3v) is 0.709. The molecule has 0 aromatic rings. The van der Waals surface area contributed by atoms with Gasteiger partial charge in [0, 0.05) is 0 Å². The van der Waals surface area contributed by atoms with Crippen LogP contribution >= 0.6 is 0 Å². The Bertz CT molecular complexity index is 76.4. The average molecular weight is 123 g/mol. The summed E-state index contributed by atoms with van der Waals surface area (Å²) in [4.78, 5) is 9.48. The maximum Gasteiger partial charge on any atom is 0.258 e. The molecule has 0 radical (unpaired) electrons. The average Bonchev–Trinajstić information content (AvgIpc) is 1.67. The second-order valence-corrected chi connectivity index (χ2v) is 1.41. The maximum atomic E-state index is 11.4. The Hall–Kier alpha value is -0.670. The fraction of sp³-hybridized carbons (Fsp3) is 0.750. The minimum atomic E-state index is -2.47. The van der Waals surface area contributed by atoms with Gasteiger partial charge in [-0.05, 0) is 6.92 Å². The van der Waals surface area contributed by atoms with E-state index in [1.165, 1.54) is 6.92 Å². The molecule has 0 aliphatic carbocycles. The molecule has 0 saturated heterocycles. The lowest BCUT2D eigenvalue weighted by atomic mass is 10.4. The molecule has 48 valence electrons. The second kappa shape index (κ2) is 3.35. The first-order valence-electron chi connectivity index (χ1n) is 2.16. The summed E-state index contributed by atoms with van der Waals surface area (Å²) in [6, 6.07) is -1.03. The smallest absolute Gasteiger partial charge is 0.258 e. The van der Waals surface area contributed by atoms with Crippen molar-refractivity contribution in [3.05, 3.63) is 0 Å². The van der Waals surface area contributed by atoms with Crippen LogP contribution in [0.1, 0.15) is 6.92 Å². The lowest BCUT2D eigenvalue weighted by Crippen LogP contribution is -2.31. The first kappa shape index (κ1) is 7.33. The summed E-state index contributed by atoms with van der Waals surface area (Å²) in [6.07, 6.45) is -2.21. The summed E-state index contributed by atoms with van der Waals surface area (Å²) in [5.74, 6) is 0. The molecule has 2 nitrogen and oxygen atoms in total. The highest BCUT2D eigenvalue weighted by atomic mass is 19.3. The lowest BCUT2D eigenvalue weighted by molar-refractivity contribution is -0.111. The molecule has 1 amide bonds. The highest BCUT2D eigenvalue weighted by Gasteiger charge is 2.11. The van der Waals surface area contributed by atoms with Crippen LogP contribution in [0.4, 0.5) is 8.78 Å². The molecule has 0 bridgehead atoms. The van der Waals surface area contributed by atoms with E-state index in [1.54, 1.807) is 0 Å². The van der Waals surface area contributed by atoms with Crippen LogP contribution in [0.15, 0.2) is 0 Å². The molecule has 0 heterocycles. The van der Waals surface area contributed by atoms with Crippen molar-refractivity contribution in [3.8, 4) is 0 Å². The first-order valence-corrected chi connectivity index (χ1v) is 2.16. The molecule has 4 heteroatoms. The Labute approximate surface area is 45.9 Å². The molecule has 1 atom stereocenters. The number of carbonyl (C=O) groups is 1. The van der Waals surface area contributed by atoms with Crippen molar-refractivity contribution in [1.82, 2.24) is 5.32 Å². The van der Waals surface area contributed by atoms with Gasteiger partial charge in [0.15, 0.2) is 0 Å². The van der Waals surface area contributed by atoms with Crippen LogP contribution in [0.3, 0.4) is 0 Å². The van der Waals surface area contributed by atoms with E-state index < -0.39 is 12.5 Å². The summed E-state index contributed by atoms with van der Waals surface area (Å²) in [5.41, 5.74) is 0. The van der Waals surface area contributed by atoms with E-state index in [0.29, 0.717) is 0 Å². The molecule has 0 aliphatic rings. The molecule has 0 aromatic carbocycles. The third kappa shape index (κ3) is 2.49. The maximum absolute atomic E-state index is 11.4. The molecule has 0 fully saturated rings. The Morgan fingerprint density at radius 2 is 2.12 bits per heavy atom. The number of hydrogen-bond acceptors (Lipinski definition) is 1. The van der Waals surface area contributed by atoms with Crippen LogP contribution in [-0.4, -0.2) is 18.9 Å². The van der Waals surface area contributed by atoms with Crippen molar-refractivity contribution < 1.29 is 13.6 Å². The minimum Gasteiger partial charge on any atom is -0.350 e. The molecule has 0 rings (SSSR count). The number of alkyl halides is 2. The molecule has 0 aromatic heterocycles. The molecule has 0 aliphatic heterocycles. The Morgan fingerprint density at radius 3 is 2.25 bits per heavy atom. The van der Waals surface area contributed by atoms with E-state index in [4.69, 9.17) is 0 Å². The molecule has 1 N–H and O–H groups in total. The minimum absolute atomic E-state index is 0.261. The fourth-order valence-electron chi connectivity index (χ4n) is 0.180. The van der Waals surface area contributed by atoms with Gasteiger partial charge in [0.25, 0.3) is 6.43 Å². The van der Waals surface area contributed by atoms with Gasteiger partial charge in [-0.15, -0.1) is 0 Å². The number of hydrogen-bond donors (Lipinski definition) is 1. The largest absolute Gasteiger partial charge is 0.350 e. The predicted octanol–water partition coefficient (Wildman–Crippen LogP) is 0.386. The van der Waals surface area contributed by atoms with Gasteiger partial charge in [0.05, 0.1) is 6.04 Å². The van der Waals surface area contributed by atoms with Crippen LogP contribution in [0, 0.1) is 0 Å². The second-order valence-electron chi connectivity index (χ2n) is 1.41. The van der Waals surface area contributed by atoms with Crippen LogP contribution < -0.4 is 5.32 Å². The monoisotopic (exact) mass is 123 g/mol. The van der Waals surface area contributed by atoms with Crippen LogP contribution in [0.5, 0.6) is 0 Å². The van der Waals surface area contributed by atoms with Gasteiger partial charge in [-0.3, -0.25) is 4.79 Å². The standard InChI is InChI=1S/C4H7F2NO/c1-3(4(5)6)7-2-8/h2-4H,1H3,(H,7,8)/t3-/m0/s1. The number of halogens is 2. The molecule has 8 heavy (non-hydrogen) atoms. The molecule has 0 spiro atoms. The number of carbonyl (C=O) groups excluding carboxylic acids is 1. The van der Waals surface area contributed by atoms with E-state index in [1.807, 2.05) is 5.32 Å². The van der Waals surface area contributed by atoms with Crippen molar-refractivity contribution >= 4 is 6.41 Å². The Kier molecular flexibility index (Phi) is 3.07. The van der Waals surface area contributed by atoms with E-state index in [-0.39, 0.29) is 6.41 Å². The summed E-state index contributed by atoms with van der Waals surface area (Å²) < 4.78 is 22.8.